The van der Waals surface area contributed by atoms with Gasteiger partial charge in [0.2, 0.25) is 0 Å². The van der Waals surface area contributed by atoms with Crippen molar-refractivity contribution in [1.82, 2.24) is 4.98 Å². The van der Waals surface area contributed by atoms with Gasteiger partial charge in [-0.2, -0.15) is 0 Å². The predicted molar refractivity (Wildman–Crippen MR) is 44.1 cm³/mol. The van der Waals surface area contributed by atoms with Crippen LogP contribution in [0.1, 0.15) is 13.3 Å². The van der Waals surface area contributed by atoms with E-state index in [-0.39, 0.29) is 0 Å². The third-order valence-corrected chi connectivity index (χ3v) is 1.43. The zero-order chi connectivity index (χ0) is 8.10. The summed E-state index contributed by atoms with van der Waals surface area (Å²) in [7, 11) is 0. The van der Waals surface area contributed by atoms with Gasteiger partial charge in [0.1, 0.15) is 5.82 Å². The molecule has 0 spiro atoms. The largest absolute Gasteiger partial charge is 0.348 e. The first-order valence-electron chi connectivity index (χ1n) is 3.67. The Bertz CT molecular complexity index is 206. The zero-order valence-corrected chi connectivity index (χ0v) is 6.50. The molecule has 1 amide bonds. The van der Waals surface area contributed by atoms with Gasteiger partial charge in [-0.3, -0.25) is 9.69 Å². The van der Waals surface area contributed by atoms with Crippen molar-refractivity contribution in [3.63, 3.8) is 0 Å². The number of H-pyrrole nitrogens is 1. The highest BCUT2D eigenvalue weighted by molar-refractivity contribution is 5.73. The van der Waals surface area contributed by atoms with Crippen molar-refractivity contribution in [2.24, 2.45) is 0 Å². The molecule has 1 radical (unpaired) electrons. The number of nitrogens with one attached hydrogen (secondary N) is 1. The van der Waals surface area contributed by atoms with Gasteiger partial charge >= 0.3 is 6.41 Å². The number of carbonyl (C=O) groups excluding carboxylic acids is 1. The van der Waals surface area contributed by atoms with Gasteiger partial charge in [-0.25, -0.2) is 0 Å². The number of amides is 1. The first-order chi connectivity index (χ1) is 5.38. The summed E-state index contributed by atoms with van der Waals surface area (Å²) < 4.78 is 0. The highest BCUT2D eigenvalue weighted by Crippen LogP contribution is 2.07. The minimum absolute atomic E-state index is 0.712. The topological polar surface area (TPSA) is 36.1 Å². The lowest BCUT2D eigenvalue weighted by molar-refractivity contribution is 0.550. The van der Waals surface area contributed by atoms with E-state index in [0.29, 0.717) is 6.54 Å². The first-order valence-corrected chi connectivity index (χ1v) is 3.67. The van der Waals surface area contributed by atoms with Gasteiger partial charge in [-0.15, -0.1) is 0 Å². The van der Waals surface area contributed by atoms with Gasteiger partial charge < -0.3 is 4.98 Å². The van der Waals surface area contributed by atoms with Crippen LogP contribution in [0.2, 0.25) is 0 Å². The summed E-state index contributed by atoms with van der Waals surface area (Å²) in [4.78, 5) is 14.8. The molecule has 0 aliphatic rings. The van der Waals surface area contributed by atoms with E-state index >= 15 is 0 Å². The Morgan fingerprint density at radius 1 is 1.73 bits per heavy atom. The summed E-state index contributed by atoms with van der Waals surface area (Å²) in [5.74, 6) is 0.807. The molecule has 1 aromatic heterocycles. The van der Waals surface area contributed by atoms with E-state index in [4.69, 9.17) is 0 Å². The zero-order valence-electron chi connectivity index (χ0n) is 6.50. The maximum Gasteiger partial charge on any atom is 0.318 e. The second-order valence-electron chi connectivity index (χ2n) is 2.30. The number of anilines is 1. The lowest BCUT2D eigenvalue weighted by Crippen LogP contribution is -2.21. The summed E-state index contributed by atoms with van der Waals surface area (Å²) in [5, 5.41) is 0. The van der Waals surface area contributed by atoms with E-state index in [2.05, 4.69) is 4.98 Å². The molecule has 0 fully saturated rings. The third-order valence-electron chi connectivity index (χ3n) is 1.43. The Balaban J connectivity index is 2.63. The fraction of sp³-hybridized carbons (Fsp3) is 0.375. The van der Waals surface area contributed by atoms with Crippen molar-refractivity contribution in [3.8, 4) is 0 Å². The van der Waals surface area contributed by atoms with Gasteiger partial charge in [0.15, 0.2) is 0 Å². The van der Waals surface area contributed by atoms with Crippen LogP contribution in [-0.4, -0.2) is 17.9 Å². The lowest BCUT2D eigenvalue weighted by Gasteiger charge is -2.11. The monoisotopic (exact) mass is 151 g/mol. The number of rotatable bonds is 4. The average Bonchev–Trinajstić information content (AvgIpc) is 2.52. The van der Waals surface area contributed by atoms with Crippen LogP contribution in [0.4, 0.5) is 5.82 Å². The lowest BCUT2D eigenvalue weighted by atomic mass is 10.4. The Morgan fingerprint density at radius 2 is 2.55 bits per heavy atom. The molecular formula is C8H11N2O. The van der Waals surface area contributed by atoms with Gasteiger partial charge in [-0.05, 0) is 18.6 Å². The van der Waals surface area contributed by atoms with E-state index in [1.807, 2.05) is 25.5 Å². The van der Waals surface area contributed by atoms with Crippen molar-refractivity contribution in [1.29, 1.82) is 0 Å². The van der Waals surface area contributed by atoms with E-state index < -0.39 is 0 Å². The molecule has 1 aromatic rings. The predicted octanol–water partition coefficient (Wildman–Crippen LogP) is 1.30. The molecule has 11 heavy (non-hydrogen) atoms. The number of aromatic nitrogens is 1. The molecule has 0 aliphatic heterocycles. The fourth-order valence-electron chi connectivity index (χ4n) is 0.928. The van der Waals surface area contributed by atoms with Crippen LogP contribution in [0, 0.1) is 0 Å². The van der Waals surface area contributed by atoms with Crippen molar-refractivity contribution < 1.29 is 4.79 Å². The smallest absolute Gasteiger partial charge is 0.318 e. The normalized spacial score (nSPS) is 9.55. The molecule has 0 saturated heterocycles. The first kappa shape index (κ1) is 7.85. The SMILES string of the molecule is CCCN([C]=O)c1ccc[nH]1. The molecule has 1 rings (SSSR count). The van der Waals surface area contributed by atoms with Crippen molar-refractivity contribution in [3.05, 3.63) is 18.3 Å². The summed E-state index contributed by atoms with van der Waals surface area (Å²) >= 11 is 0. The van der Waals surface area contributed by atoms with Gasteiger partial charge in [0, 0.05) is 12.7 Å². The highest BCUT2D eigenvalue weighted by Gasteiger charge is 2.03. The van der Waals surface area contributed by atoms with Crippen LogP contribution in [0.3, 0.4) is 0 Å². The molecule has 0 aromatic carbocycles. The number of hydrogen-bond donors (Lipinski definition) is 1. The molecule has 1 heterocycles. The van der Waals surface area contributed by atoms with Crippen LogP contribution in [0.25, 0.3) is 0 Å². The molecule has 3 heteroatoms. The molecular weight excluding hydrogens is 140 g/mol. The second kappa shape index (κ2) is 3.81. The fourth-order valence-corrected chi connectivity index (χ4v) is 0.928. The molecule has 59 valence electrons. The average molecular weight is 151 g/mol. The Hall–Kier alpha value is -1.25. The molecule has 0 bridgehead atoms. The molecule has 3 nitrogen and oxygen atoms in total. The quantitative estimate of drug-likeness (QED) is 0.647. The van der Waals surface area contributed by atoms with E-state index in [9.17, 15) is 4.79 Å². The summed E-state index contributed by atoms with van der Waals surface area (Å²) in [6, 6.07) is 3.70. The minimum Gasteiger partial charge on any atom is -0.348 e. The van der Waals surface area contributed by atoms with Crippen LogP contribution in [0.15, 0.2) is 18.3 Å². The van der Waals surface area contributed by atoms with E-state index in [1.54, 1.807) is 6.20 Å². The Labute approximate surface area is 66.0 Å². The number of hydrogen-bond acceptors (Lipinski definition) is 1. The van der Waals surface area contributed by atoms with Crippen LogP contribution in [-0.2, 0) is 4.79 Å². The van der Waals surface area contributed by atoms with Gasteiger partial charge in [-0.1, -0.05) is 6.92 Å². The molecule has 1 N–H and O–H groups in total. The summed E-state index contributed by atoms with van der Waals surface area (Å²) in [5.41, 5.74) is 0. The maximum atomic E-state index is 10.4. The van der Waals surface area contributed by atoms with E-state index in [1.165, 1.54) is 4.90 Å². The number of nitrogens with zero attached hydrogens (tertiary/aromatic N) is 1. The van der Waals surface area contributed by atoms with Gasteiger partial charge in [0.05, 0.1) is 0 Å². The molecule has 0 aliphatic carbocycles. The van der Waals surface area contributed by atoms with E-state index in [0.717, 1.165) is 12.2 Å². The standard InChI is InChI=1S/C8H11N2O/c1-2-6-10(7-11)8-4-3-5-9-8/h3-5,9H,2,6H2,1H3. The second-order valence-corrected chi connectivity index (χ2v) is 2.30. The molecule has 0 saturated carbocycles. The van der Waals surface area contributed by atoms with Crippen LogP contribution < -0.4 is 4.90 Å². The third kappa shape index (κ3) is 1.83. The van der Waals surface area contributed by atoms with Crippen molar-refractivity contribution in [2.75, 3.05) is 11.4 Å². The molecule has 0 unspecified atom stereocenters. The maximum absolute atomic E-state index is 10.4. The number of aromatic amines is 1. The Morgan fingerprint density at radius 3 is 3.00 bits per heavy atom. The summed E-state index contributed by atoms with van der Waals surface area (Å²) in [6.45, 7) is 2.73. The highest BCUT2D eigenvalue weighted by atomic mass is 16.1. The van der Waals surface area contributed by atoms with Crippen LogP contribution in [0.5, 0.6) is 0 Å². The molecule has 0 atom stereocenters. The summed E-state index contributed by atoms with van der Waals surface area (Å²) in [6.07, 6.45) is 4.58. The van der Waals surface area contributed by atoms with Crippen molar-refractivity contribution in [2.45, 2.75) is 13.3 Å². The van der Waals surface area contributed by atoms with Gasteiger partial charge in [0.25, 0.3) is 0 Å². The van der Waals surface area contributed by atoms with Crippen LogP contribution >= 0.6 is 0 Å². The van der Waals surface area contributed by atoms with Crippen molar-refractivity contribution >= 4 is 12.2 Å². The Kier molecular flexibility index (Phi) is 2.72. The minimum atomic E-state index is 0.712.